The van der Waals surface area contributed by atoms with E-state index in [-0.39, 0.29) is 0 Å². The molecule has 0 saturated heterocycles. The van der Waals surface area contributed by atoms with Crippen molar-refractivity contribution in [3.8, 4) is 0 Å². The lowest BCUT2D eigenvalue weighted by Gasteiger charge is -2.31. The molecule has 0 N–H and O–H groups in total. The maximum Gasteiger partial charge on any atom is 0.0546 e. The van der Waals surface area contributed by atoms with Crippen molar-refractivity contribution in [3.05, 3.63) is 57.7 Å². The average Bonchev–Trinajstić information content (AvgIpc) is 2.32. The van der Waals surface area contributed by atoms with Crippen molar-refractivity contribution in [1.82, 2.24) is 4.90 Å². The van der Waals surface area contributed by atoms with E-state index in [9.17, 15) is 0 Å². The van der Waals surface area contributed by atoms with Gasteiger partial charge in [0.2, 0.25) is 0 Å². The number of allylic oxidation sites excluding steroid dienone is 7. The highest BCUT2D eigenvalue weighted by Crippen LogP contribution is 2.41. The van der Waals surface area contributed by atoms with Gasteiger partial charge in [-0.15, -0.1) is 0 Å². The molecule has 0 aromatic carbocycles. The van der Waals surface area contributed by atoms with Crippen LogP contribution >= 0.6 is 11.8 Å². The summed E-state index contributed by atoms with van der Waals surface area (Å²) in [6.45, 7) is 8.36. The monoisotopic (exact) mass is 247 g/mol. The minimum absolute atomic E-state index is 1.26. The molecule has 92 valence electrons. The van der Waals surface area contributed by atoms with Crippen LogP contribution in [0.25, 0.3) is 0 Å². The number of thioether (sulfide) groups is 1. The van der Waals surface area contributed by atoms with Crippen molar-refractivity contribution in [1.29, 1.82) is 0 Å². The summed E-state index contributed by atoms with van der Waals surface area (Å²) in [5.41, 5.74) is 2.54. The molecule has 0 radical (unpaired) electrons. The molecule has 0 unspecified atom stereocenters. The summed E-state index contributed by atoms with van der Waals surface area (Å²) < 4.78 is 0. The quantitative estimate of drug-likeness (QED) is 0.687. The van der Waals surface area contributed by atoms with Crippen LogP contribution in [0.4, 0.5) is 0 Å². The predicted molar refractivity (Wildman–Crippen MR) is 79.5 cm³/mol. The van der Waals surface area contributed by atoms with E-state index in [1.807, 2.05) is 18.7 Å². The van der Waals surface area contributed by atoms with Crippen molar-refractivity contribution < 1.29 is 0 Å². The molecule has 0 amide bonds. The number of rotatable bonds is 2. The first-order valence-corrected chi connectivity index (χ1v) is 6.72. The number of hydrogen-bond donors (Lipinski definition) is 0. The highest BCUT2D eigenvalue weighted by atomic mass is 32.2. The molecule has 1 aliphatic rings. The molecular formula is C15H21NS. The average molecular weight is 247 g/mol. The number of nitrogens with zero attached hydrogens (tertiary/aromatic N) is 1. The third-order valence-corrected chi connectivity index (χ3v) is 3.81. The topological polar surface area (TPSA) is 3.24 Å². The molecule has 0 bridgehead atoms. The van der Waals surface area contributed by atoms with Gasteiger partial charge in [0.15, 0.2) is 0 Å². The van der Waals surface area contributed by atoms with Crippen LogP contribution in [0.5, 0.6) is 0 Å². The van der Waals surface area contributed by atoms with Gasteiger partial charge in [-0.1, -0.05) is 36.1 Å². The molecule has 0 aliphatic carbocycles. The Labute approximate surface area is 109 Å². The molecule has 0 spiro atoms. The first-order valence-electron chi connectivity index (χ1n) is 5.90. The molecular weight excluding hydrogens is 226 g/mol. The Bertz CT molecular complexity index is 422. The molecule has 1 rings (SSSR count). The first-order chi connectivity index (χ1) is 8.15. The lowest BCUT2D eigenvalue weighted by molar-refractivity contribution is 0.545. The summed E-state index contributed by atoms with van der Waals surface area (Å²) in [6, 6.07) is 0. The Hall–Kier alpha value is -1.15. The second-order valence-electron chi connectivity index (χ2n) is 3.83. The molecule has 0 fully saturated rings. The predicted octanol–water partition coefficient (Wildman–Crippen LogP) is 4.84. The molecule has 0 atom stereocenters. The molecule has 17 heavy (non-hydrogen) atoms. The lowest BCUT2D eigenvalue weighted by Crippen LogP contribution is -2.21. The van der Waals surface area contributed by atoms with Crippen LogP contribution in [0.3, 0.4) is 0 Å². The van der Waals surface area contributed by atoms with E-state index >= 15 is 0 Å². The maximum atomic E-state index is 2.25. The van der Waals surface area contributed by atoms with Crippen molar-refractivity contribution in [2.24, 2.45) is 0 Å². The summed E-state index contributed by atoms with van der Waals surface area (Å²) in [4.78, 5) is 4.91. The van der Waals surface area contributed by atoms with E-state index in [1.165, 1.54) is 21.2 Å². The van der Waals surface area contributed by atoms with Crippen LogP contribution in [-0.4, -0.2) is 11.9 Å². The van der Waals surface area contributed by atoms with Crippen LogP contribution in [0.15, 0.2) is 57.7 Å². The van der Waals surface area contributed by atoms with Crippen molar-refractivity contribution >= 4 is 11.8 Å². The van der Waals surface area contributed by atoms with Gasteiger partial charge >= 0.3 is 0 Å². The second kappa shape index (κ2) is 6.55. The largest absolute Gasteiger partial charge is 0.343 e. The summed E-state index contributed by atoms with van der Waals surface area (Å²) in [5, 5.41) is 0. The van der Waals surface area contributed by atoms with E-state index in [2.05, 4.69) is 69.2 Å². The Balaban J connectivity index is 3.24. The third-order valence-electron chi connectivity index (χ3n) is 2.63. The van der Waals surface area contributed by atoms with E-state index in [0.717, 1.165) is 0 Å². The number of likely N-dealkylation sites (N-methyl/N-ethyl adjacent to an activating group) is 1. The Morgan fingerprint density at radius 2 is 1.82 bits per heavy atom. The molecule has 2 heteroatoms. The van der Waals surface area contributed by atoms with Gasteiger partial charge in [0.05, 0.1) is 11.4 Å². The number of hydrogen-bond acceptors (Lipinski definition) is 2. The molecule has 0 saturated carbocycles. The van der Waals surface area contributed by atoms with Gasteiger partial charge in [0.1, 0.15) is 0 Å². The highest BCUT2D eigenvalue weighted by Gasteiger charge is 2.20. The Morgan fingerprint density at radius 3 is 2.35 bits per heavy atom. The Morgan fingerprint density at radius 1 is 1.12 bits per heavy atom. The van der Waals surface area contributed by atoms with Crippen molar-refractivity contribution in [3.63, 3.8) is 0 Å². The fourth-order valence-corrected chi connectivity index (χ4v) is 2.84. The standard InChI is InChI=1S/C15H21NS/c1-6-9-11-14-15(8-3)17-12(4)13(10-7-2)16(14)5/h6-11H,1-5H3/b9-6-,10-7-,14-11+,15-8+. The van der Waals surface area contributed by atoms with Gasteiger partial charge in [-0.25, -0.2) is 0 Å². The second-order valence-corrected chi connectivity index (χ2v) is 5.09. The molecule has 0 aromatic rings. The van der Waals surface area contributed by atoms with E-state index in [1.54, 1.807) is 0 Å². The normalized spacial score (nSPS) is 22.8. The zero-order chi connectivity index (χ0) is 12.8. The highest BCUT2D eigenvalue weighted by molar-refractivity contribution is 8.07. The van der Waals surface area contributed by atoms with Gasteiger partial charge in [0, 0.05) is 16.9 Å². The zero-order valence-electron chi connectivity index (χ0n) is 11.3. The fraction of sp³-hybridized carbons (Fsp3) is 0.333. The lowest BCUT2D eigenvalue weighted by atomic mass is 10.2. The van der Waals surface area contributed by atoms with Crippen LogP contribution in [0.2, 0.25) is 0 Å². The van der Waals surface area contributed by atoms with Crippen LogP contribution < -0.4 is 0 Å². The first kappa shape index (κ1) is 13.9. The fourth-order valence-electron chi connectivity index (χ4n) is 1.78. The van der Waals surface area contributed by atoms with Gasteiger partial charge in [-0.05, 0) is 39.8 Å². The third kappa shape index (κ3) is 3.16. The van der Waals surface area contributed by atoms with Gasteiger partial charge in [0.25, 0.3) is 0 Å². The molecule has 1 nitrogen and oxygen atoms in total. The van der Waals surface area contributed by atoms with Crippen LogP contribution in [0.1, 0.15) is 27.7 Å². The minimum Gasteiger partial charge on any atom is -0.343 e. The minimum atomic E-state index is 1.26. The summed E-state index contributed by atoms with van der Waals surface area (Å²) >= 11 is 1.84. The SMILES string of the molecule is C\C=C/C=C1\C(=C/C)SC(C)=C(/C=C\C)N1C. The summed E-state index contributed by atoms with van der Waals surface area (Å²) in [5.74, 6) is 0. The van der Waals surface area contributed by atoms with Gasteiger partial charge < -0.3 is 4.90 Å². The molecule has 1 heterocycles. The van der Waals surface area contributed by atoms with Crippen LogP contribution in [-0.2, 0) is 0 Å². The van der Waals surface area contributed by atoms with Gasteiger partial charge in [-0.3, -0.25) is 0 Å². The molecule has 0 aromatic heterocycles. The van der Waals surface area contributed by atoms with Crippen LogP contribution in [0, 0.1) is 0 Å². The van der Waals surface area contributed by atoms with E-state index < -0.39 is 0 Å². The summed E-state index contributed by atoms with van der Waals surface area (Å²) in [7, 11) is 2.12. The summed E-state index contributed by atoms with van der Waals surface area (Å²) in [6.07, 6.45) is 12.7. The van der Waals surface area contributed by atoms with Gasteiger partial charge in [-0.2, -0.15) is 0 Å². The van der Waals surface area contributed by atoms with Crippen molar-refractivity contribution in [2.75, 3.05) is 7.05 Å². The smallest absolute Gasteiger partial charge is 0.0546 e. The van der Waals surface area contributed by atoms with Crippen molar-refractivity contribution in [2.45, 2.75) is 27.7 Å². The van der Waals surface area contributed by atoms with E-state index in [0.29, 0.717) is 0 Å². The van der Waals surface area contributed by atoms with E-state index in [4.69, 9.17) is 0 Å². The molecule has 1 aliphatic heterocycles. The zero-order valence-corrected chi connectivity index (χ0v) is 12.1. The Kier molecular flexibility index (Phi) is 5.36. The maximum absolute atomic E-state index is 2.25.